The van der Waals surface area contributed by atoms with Gasteiger partial charge in [0.25, 0.3) is 0 Å². The molecule has 0 saturated heterocycles. The Morgan fingerprint density at radius 3 is 2.69 bits per heavy atom. The standard InChI is InChI=1S/C13H17BrN2/c1-8-11-6-5-10(14)7-12(11)16(4)13(8)9(2)15-3/h5-7,9,15H,1-4H3. The summed E-state index contributed by atoms with van der Waals surface area (Å²) < 4.78 is 3.40. The van der Waals surface area contributed by atoms with Gasteiger partial charge >= 0.3 is 0 Å². The Kier molecular flexibility index (Phi) is 3.08. The molecule has 1 aromatic heterocycles. The first kappa shape index (κ1) is 11.7. The number of hydrogen-bond donors (Lipinski definition) is 1. The third-order valence-corrected chi connectivity index (χ3v) is 3.81. The largest absolute Gasteiger partial charge is 0.346 e. The van der Waals surface area contributed by atoms with Crippen LogP contribution in [0.1, 0.15) is 24.2 Å². The molecule has 0 aliphatic rings. The van der Waals surface area contributed by atoms with Gasteiger partial charge in [0, 0.05) is 34.2 Å². The first-order valence-corrected chi connectivity index (χ1v) is 6.27. The number of fused-ring (bicyclic) bond motifs is 1. The number of nitrogens with zero attached hydrogens (tertiary/aromatic N) is 1. The van der Waals surface area contributed by atoms with Gasteiger partial charge in [0.15, 0.2) is 0 Å². The zero-order valence-electron chi connectivity index (χ0n) is 10.1. The third-order valence-electron chi connectivity index (χ3n) is 3.31. The molecule has 16 heavy (non-hydrogen) atoms. The van der Waals surface area contributed by atoms with Gasteiger partial charge in [-0.05, 0) is 38.6 Å². The van der Waals surface area contributed by atoms with Crippen LogP contribution in [-0.4, -0.2) is 11.6 Å². The molecule has 0 spiro atoms. The molecule has 0 fully saturated rings. The molecular weight excluding hydrogens is 264 g/mol. The summed E-state index contributed by atoms with van der Waals surface area (Å²) in [5, 5.41) is 4.64. The zero-order chi connectivity index (χ0) is 11.9. The van der Waals surface area contributed by atoms with Crippen molar-refractivity contribution in [3.8, 4) is 0 Å². The normalized spacial score (nSPS) is 13.3. The van der Waals surface area contributed by atoms with Crippen LogP contribution in [0, 0.1) is 6.92 Å². The van der Waals surface area contributed by atoms with Crippen molar-refractivity contribution in [1.29, 1.82) is 0 Å². The van der Waals surface area contributed by atoms with Crippen LogP contribution in [0.2, 0.25) is 0 Å². The summed E-state index contributed by atoms with van der Waals surface area (Å²) in [7, 11) is 4.13. The fraction of sp³-hybridized carbons (Fsp3) is 0.385. The highest BCUT2D eigenvalue weighted by molar-refractivity contribution is 9.10. The third kappa shape index (κ3) is 1.68. The Labute approximate surface area is 105 Å². The van der Waals surface area contributed by atoms with Gasteiger partial charge in [0.05, 0.1) is 0 Å². The minimum atomic E-state index is 0.371. The predicted molar refractivity (Wildman–Crippen MR) is 72.8 cm³/mol. The van der Waals surface area contributed by atoms with E-state index in [4.69, 9.17) is 0 Å². The Balaban J connectivity index is 2.76. The van der Waals surface area contributed by atoms with E-state index >= 15 is 0 Å². The van der Waals surface area contributed by atoms with Crippen LogP contribution in [-0.2, 0) is 7.05 Å². The molecule has 0 bridgehead atoms. The maximum absolute atomic E-state index is 3.53. The summed E-state index contributed by atoms with van der Waals surface area (Å²) in [6, 6.07) is 6.83. The molecule has 1 N–H and O–H groups in total. The topological polar surface area (TPSA) is 17.0 Å². The van der Waals surface area contributed by atoms with Gasteiger partial charge in [-0.3, -0.25) is 0 Å². The summed E-state index contributed by atoms with van der Waals surface area (Å²) in [4.78, 5) is 0. The van der Waals surface area contributed by atoms with Crippen LogP contribution in [0.15, 0.2) is 22.7 Å². The molecule has 86 valence electrons. The molecule has 0 aliphatic heterocycles. The number of benzene rings is 1. The quantitative estimate of drug-likeness (QED) is 0.891. The molecule has 0 aliphatic carbocycles. The maximum Gasteiger partial charge on any atom is 0.0494 e. The second-order valence-electron chi connectivity index (χ2n) is 4.24. The molecule has 3 heteroatoms. The fourth-order valence-electron chi connectivity index (χ4n) is 2.37. The van der Waals surface area contributed by atoms with Gasteiger partial charge in [0.2, 0.25) is 0 Å². The molecule has 1 unspecified atom stereocenters. The molecule has 2 rings (SSSR count). The van der Waals surface area contributed by atoms with Crippen LogP contribution >= 0.6 is 15.9 Å². The van der Waals surface area contributed by atoms with E-state index in [-0.39, 0.29) is 0 Å². The minimum absolute atomic E-state index is 0.371. The number of halogens is 1. The lowest BCUT2D eigenvalue weighted by atomic mass is 10.1. The maximum atomic E-state index is 3.53. The average Bonchev–Trinajstić information content (AvgIpc) is 2.51. The lowest BCUT2D eigenvalue weighted by Gasteiger charge is -2.13. The Bertz CT molecular complexity index is 528. The average molecular weight is 281 g/mol. The van der Waals surface area contributed by atoms with E-state index in [0.29, 0.717) is 6.04 Å². The highest BCUT2D eigenvalue weighted by Gasteiger charge is 2.15. The van der Waals surface area contributed by atoms with Crippen molar-refractivity contribution in [2.75, 3.05) is 7.05 Å². The van der Waals surface area contributed by atoms with E-state index < -0.39 is 0 Å². The molecule has 0 radical (unpaired) electrons. The summed E-state index contributed by atoms with van der Waals surface area (Å²) in [6.45, 7) is 4.38. The van der Waals surface area contributed by atoms with E-state index in [1.807, 2.05) is 7.05 Å². The highest BCUT2D eigenvalue weighted by Crippen LogP contribution is 2.30. The van der Waals surface area contributed by atoms with Crippen LogP contribution in [0.5, 0.6) is 0 Å². The first-order chi connectivity index (χ1) is 7.56. The second kappa shape index (κ2) is 4.22. The number of aryl methyl sites for hydroxylation is 2. The van der Waals surface area contributed by atoms with Crippen molar-refractivity contribution in [1.82, 2.24) is 9.88 Å². The van der Waals surface area contributed by atoms with E-state index in [1.54, 1.807) is 0 Å². The molecule has 1 heterocycles. The molecule has 1 aromatic carbocycles. The first-order valence-electron chi connectivity index (χ1n) is 5.48. The summed E-state index contributed by atoms with van der Waals surface area (Å²) >= 11 is 3.53. The fourth-order valence-corrected chi connectivity index (χ4v) is 2.72. The Morgan fingerprint density at radius 1 is 1.38 bits per heavy atom. The van der Waals surface area contributed by atoms with Gasteiger partial charge in [-0.1, -0.05) is 22.0 Å². The van der Waals surface area contributed by atoms with Gasteiger partial charge in [-0.25, -0.2) is 0 Å². The summed E-state index contributed by atoms with van der Waals surface area (Å²) in [5.74, 6) is 0. The van der Waals surface area contributed by atoms with E-state index in [0.717, 1.165) is 4.47 Å². The van der Waals surface area contributed by atoms with Gasteiger partial charge in [0.1, 0.15) is 0 Å². The van der Waals surface area contributed by atoms with Crippen LogP contribution in [0.25, 0.3) is 10.9 Å². The Hall–Kier alpha value is -0.800. The van der Waals surface area contributed by atoms with Gasteiger partial charge in [-0.2, -0.15) is 0 Å². The number of rotatable bonds is 2. The van der Waals surface area contributed by atoms with Crippen molar-refractivity contribution in [3.05, 3.63) is 33.9 Å². The van der Waals surface area contributed by atoms with Crippen molar-refractivity contribution in [2.45, 2.75) is 19.9 Å². The van der Waals surface area contributed by atoms with Crippen LogP contribution in [0.3, 0.4) is 0 Å². The highest BCUT2D eigenvalue weighted by atomic mass is 79.9. The lowest BCUT2D eigenvalue weighted by molar-refractivity contribution is 0.606. The number of nitrogens with one attached hydrogen (secondary N) is 1. The zero-order valence-corrected chi connectivity index (χ0v) is 11.7. The Morgan fingerprint density at radius 2 is 2.06 bits per heavy atom. The van der Waals surface area contributed by atoms with Crippen molar-refractivity contribution >= 4 is 26.8 Å². The smallest absolute Gasteiger partial charge is 0.0494 e. The number of aromatic nitrogens is 1. The monoisotopic (exact) mass is 280 g/mol. The van der Waals surface area contributed by atoms with Crippen LogP contribution < -0.4 is 5.32 Å². The van der Waals surface area contributed by atoms with E-state index in [1.165, 1.54) is 22.2 Å². The molecule has 1 atom stereocenters. The van der Waals surface area contributed by atoms with E-state index in [2.05, 4.69) is 64.9 Å². The SMILES string of the molecule is CNC(C)c1c(C)c2ccc(Br)cc2n1C. The lowest BCUT2D eigenvalue weighted by Crippen LogP contribution is -2.16. The van der Waals surface area contributed by atoms with E-state index in [9.17, 15) is 0 Å². The number of hydrogen-bond acceptors (Lipinski definition) is 1. The predicted octanol–water partition coefficient (Wildman–Crippen LogP) is 3.53. The van der Waals surface area contributed by atoms with Crippen molar-refractivity contribution < 1.29 is 0 Å². The molecular formula is C13H17BrN2. The van der Waals surface area contributed by atoms with Gasteiger partial charge in [-0.15, -0.1) is 0 Å². The molecule has 2 aromatic rings. The second-order valence-corrected chi connectivity index (χ2v) is 5.16. The molecule has 2 nitrogen and oxygen atoms in total. The van der Waals surface area contributed by atoms with Crippen molar-refractivity contribution in [2.24, 2.45) is 7.05 Å². The molecule has 0 saturated carbocycles. The minimum Gasteiger partial charge on any atom is -0.346 e. The summed E-state index contributed by atoms with van der Waals surface area (Å²) in [6.07, 6.45) is 0. The molecule has 0 amide bonds. The van der Waals surface area contributed by atoms with Crippen molar-refractivity contribution in [3.63, 3.8) is 0 Å². The van der Waals surface area contributed by atoms with Gasteiger partial charge < -0.3 is 9.88 Å². The van der Waals surface area contributed by atoms with Crippen LogP contribution in [0.4, 0.5) is 0 Å². The summed E-state index contributed by atoms with van der Waals surface area (Å²) in [5.41, 5.74) is 4.01.